The van der Waals surface area contributed by atoms with Crippen LogP contribution in [0.2, 0.25) is 0 Å². The maximum Gasteiger partial charge on any atom is 0.0442 e. The lowest BCUT2D eigenvalue weighted by Gasteiger charge is -2.04. The van der Waals surface area contributed by atoms with Crippen LogP contribution < -0.4 is 0 Å². The molecule has 0 spiro atoms. The van der Waals surface area contributed by atoms with Gasteiger partial charge in [0.25, 0.3) is 0 Å². The molecular weight excluding hydrogens is 280 g/mol. The van der Waals surface area contributed by atoms with Gasteiger partial charge in [0.2, 0.25) is 0 Å². The highest BCUT2D eigenvalue weighted by molar-refractivity contribution is 7.99. The maximum atomic E-state index is 4.28. The molecule has 0 aliphatic heterocycles. The van der Waals surface area contributed by atoms with Gasteiger partial charge in [0, 0.05) is 4.58 Å². The van der Waals surface area contributed by atoms with Crippen molar-refractivity contribution in [2.45, 2.75) is 114 Å². The molecule has 0 amide bonds. The van der Waals surface area contributed by atoms with Crippen molar-refractivity contribution in [3.05, 3.63) is 0 Å². The summed E-state index contributed by atoms with van der Waals surface area (Å²) in [5.41, 5.74) is 0. The minimum absolute atomic E-state index is 0.289. The van der Waals surface area contributed by atoms with Crippen LogP contribution >= 0.6 is 25.3 Å². The van der Waals surface area contributed by atoms with E-state index in [1.807, 2.05) is 0 Å². The number of hydrogen-bond donors (Lipinski definition) is 2. The van der Waals surface area contributed by atoms with E-state index in [2.05, 4.69) is 32.2 Å². The molecule has 20 heavy (non-hydrogen) atoms. The third-order valence-corrected chi connectivity index (χ3v) is 4.58. The topological polar surface area (TPSA) is 0 Å². The lowest BCUT2D eigenvalue weighted by atomic mass is 10.0. The summed E-state index contributed by atoms with van der Waals surface area (Å²) in [6.07, 6.45) is 22.6. The molecule has 0 radical (unpaired) electrons. The third kappa shape index (κ3) is 18.7. The second-order valence-corrected chi connectivity index (χ2v) is 7.87. The van der Waals surface area contributed by atoms with Gasteiger partial charge < -0.3 is 0 Å². The van der Waals surface area contributed by atoms with E-state index in [1.54, 1.807) is 0 Å². The Kier molecular flexibility index (Phi) is 18.4. The van der Waals surface area contributed by atoms with Crippen LogP contribution in [-0.4, -0.2) is 4.58 Å². The molecule has 122 valence electrons. The van der Waals surface area contributed by atoms with Crippen molar-refractivity contribution in [2.24, 2.45) is 0 Å². The molecule has 0 unspecified atom stereocenters. The van der Waals surface area contributed by atoms with Gasteiger partial charge in [-0.05, 0) is 6.42 Å². The number of thiol groups is 2. The standard InChI is InChI=1S/C18H38S2/c1-2-3-4-5-6-7-8-9-10-11-12-13-14-15-16-17-18(19)20/h18-20H,2-17H2,1H3. The predicted molar refractivity (Wildman–Crippen MR) is 101 cm³/mol. The van der Waals surface area contributed by atoms with Crippen molar-refractivity contribution in [3.8, 4) is 0 Å². The average Bonchev–Trinajstić information content (AvgIpc) is 2.43. The lowest BCUT2D eigenvalue weighted by molar-refractivity contribution is 0.531. The summed E-state index contributed by atoms with van der Waals surface area (Å²) >= 11 is 8.57. The van der Waals surface area contributed by atoms with Gasteiger partial charge in [-0.15, -0.1) is 0 Å². The van der Waals surface area contributed by atoms with E-state index < -0.39 is 0 Å². The van der Waals surface area contributed by atoms with Gasteiger partial charge in [0.15, 0.2) is 0 Å². The molecule has 0 heterocycles. The normalized spacial score (nSPS) is 11.4. The van der Waals surface area contributed by atoms with Gasteiger partial charge in [0.05, 0.1) is 0 Å². The van der Waals surface area contributed by atoms with Gasteiger partial charge >= 0.3 is 0 Å². The highest BCUT2D eigenvalue weighted by atomic mass is 32.2. The molecule has 0 fully saturated rings. The molecule has 0 rings (SSSR count). The van der Waals surface area contributed by atoms with Crippen LogP contribution in [-0.2, 0) is 0 Å². The van der Waals surface area contributed by atoms with E-state index in [1.165, 1.54) is 96.3 Å². The van der Waals surface area contributed by atoms with E-state index in [0.29, 0.717) is 0 Å². The Bertz CT molecular complexity index is 169. The maximum absolute atomic E-state index is 4.28. The fraction of sp³-hybridized carbons (Fsp3) is 1.00. The van der Waals surface area contributed by atoms with Crippen LogP contribution in [0.1, 0.15) is 110 Å². The van der Waals surface area contributed by atoms with Gasteiger partial charge in [-0.2, -0.15) is 25.3 Å². The minimum atomic E-state index is 0.289. The first-order valence-corrected chi connectivity index (χ1v) is 10.2. The Balaban J connectivity index is 2.92. The largest absolute Gasteiger partial charge is 0.165 e. The molecule has 0 N–H and O–H groups in total. The SMILES string of the molecule is CCCCCCCCCCCCCCCCCC(S)S. The summed E-state index contributed by atoms with van der Waals surface area (Å²) in [5, 5.41) is 0. The van der Waals surface area contributed by atoms with Crippen molar-refractivity contribution in [1.29, 1.82) is 0 Å². The zero-order valence-corrected chi connectivity index (χ0v) is 15.6. The summed E-state index contributed by atoms with van der Waals surface area (Å²) in [6, 6.07) is 0. The second kappa shape index (κ2) is 17.8. The molecule has 0 bridgehead atoms. The van der Waals surface area contributed by atoms with Crippen LogP contribution in [0, 0.1) is 0 Å². The molecule has 0 nitrogen and oxygen atoms in total. The first-order chi connectivity index (χ1) is 9.77. The summed E-state index contributed by atoms with van der Waals surface area (Å²) in [7, 11) is 0. The van der Waals surface area contributed by atoms with Gasteiger partial charge in [0.1, 0.15) is 0 Å². The van der Waals surface area contributed by atoms with Crippen LogP contribution in [0.3, 0.4) is 0 Å². The van der Waals surface area contributed by atoms with E-state index in [4.69, 9.17) is 0 Å². The van der Waals surface area contributed by atoms with E-state index in [0.717, 1.165) is 6.42 Å². The average molecular weight is 319 g/mol. The van der Waals surface area contributed by atoms with Crippen LogP contribution in [0.15, 0.2) is 0 Å². The van der Waals surface area contributed by atoms with Crippen LogP contribution in [0.4, 0.5) is 0 Å². The van der Waals surface area contributed by atoms with E-state index in [9.17, 15) is 0 Å². The summed E-state index contributed by atoms with van der Waals surface area (Å²) in [6.45, 7) is 2.29. The van der Waals surface area contributed by atoms with Crippen molar-refractivity contribution in [3.63, 3.8) is 0 Å². The molecule has 0 aromatic carbocycles. The Labute approximate surface area is 139 Å². The number of hydrogen-bond acceptors (Lipinski definition) is 2. The Hall–Kier alpha value is 0.700. The molecule has 0 aliphatic rings. The minimum Gasteiger partial charge on any atom is -0.165 e. The highest BCUT2D eigenvalue weighted by Crippen LogP contribution is 2.15. The zero-order valence-electron chi connectivity index (χ0n) is 13.8. The van der Waals surface area contributed by atoms with E-state index in [-0.39, 0.29) is 4.58 Å². The highest BCUT2D eigenvalue weighted by Gasteiger charge is 1.96. The summed E-state index contributed by atoms with van der Waals surface area (Å²) in [5.74, 6) is 0. The molecular formula is C18H38S2. The Morgan fingerprint density at radius 1 is 0.500 bits per heavy atom. The smallest absolute Gasteiger partial charge is 0.0442 e. The molecule has 0 aromatic rings. The van der Waals surface area contributed by atoms with Crippen LogP contribution in [0.5, 0.6) is 0 Å². The zero-order chi connectivity index (χ0) is 14.9. The summed E-state index contributed by atoms with van der Waals surface area (Å²) in [4.78, 5) is 0. The number of rotatable bonds is 16. The lowest BCUT2D eigenvalue weighted by Crippen LogP contribution is -1.87. The fourth-order valence-electron chi connectivity index (χ4n) is 2.70. The molecule has 0 atom stereocenters. The molecule has 0 saturated carbocycles. The van der Waals surface area contributed by atoms with Gasteiger partial charge in [-0.3, -0.25) is 0 Å². The predicted octanol–water partition coefficient (Wildman–Crippen LogP) is 7.43. The Morgan fingerprint density at radius 2 is 0.800 bits per heavy atom. The molecule has 0 aliphatic carbocycles. The first-order valence-electron chi connectivity index (χ1n) is 9.13. The number of unbranched alkanes of at least 4 members (excludes halogenated alkanes) is 14. The molecule has 0 saturated heterocycles. The quantitative estimate of drug-likeness (QED) is 0.165. The molecule has 2 heteroatoms. The van der Waals surface area contributed by atoms with Crippen molar-refractivity contribution in [1.82, 2.24) is 0 Å². The van der Waals surface area contributed by atoms with Crippen molar-refractivity contribution < 1.29 is 0 Å². The third-order valence-electron chi connectivity index (χ3n) is 4.07. The van der Waals surface area contributed by atoms with Gasteiger partial charge in [-0.1, -0.05) is 103 Å². The second-order valence-electron chi connectivity index (χ2n) is 6.22. The fourth-order valence-corrected chi connectivity index (χ4v) is 3.06. The summed E-state index contributed by atoms with van der Waals surface area (Å²) < 4.78 is 0.289. The van der Waals surface area contributed by atoms with Crippen molar-refractivity contribution >= 4 is 25.3 Å². The first kappa shape index (κ1) is 20.7. The molecule has 0 aromatic heterocycles. The van der Waals surface area contributed by atoms with E-state index >= 15 is 0 Å². The van der Waals surface area contributed by atoms with Gasteiger partial charge in [-0.25, -0.2) is 0 Å². The monoisotopic (exact) mass is 318 g/mol. The Morgan fingerprint density at radius 3 is 1.10 bits per heavy atom. The van der Waals surface area contributed by atoms with Crippen molar-refractivity contribution in [2.75, 3.05) is 0 Å². The van der Waals surface area contributed by atoms with Crippen LogP contribution in [0.25, 0.3) is 0 Å².